The molecule has 4 rings (SSSR count). The van der Waals surface area contributed by atoms with E-state index < -0.39 is 0 Å². The summed E-state index contributed by atoms with van der Waals surface area (Å²) in [5.41, 5.74) is 0. The summed E-state index contributed by atoms with van der Waals surface area (Å²) in [6.07, 6.45) is 7.17. The van der Waals surface area contributed by atoms with E-state index in [4.69, 9.17) is 0 Å². The maximum atomic E-state index is 11.5. The number of amides is 1. The summed E-state index contributed by atoms with van der Waals surface area (Å²) in [4.78, 5) is 12.7. The van der Waals surface area contributed by atoms with E-state index in [9.17, 15) is 4.79 Å². The van der Waals surface area contributed by atoms with Crippen molar-refractivity contribution in [2.75, 3.05) is 7.05 Å². The quantitative estimate of drug-likeness (QED) is 0.678. The highest BCUT2D eigenvalue weighted by Crippen LogP contribution is 2.52. The predicted molar refractivity (Wildman–Crippen MR) is 58.4 cm³/mol. The lowest BCUT2D eigenvalue weighted by Crippen LogP contribution is -3.17. The fourth-order valence-electron chi connectivity index (χ4n) is 4.87. The highest BCUT2D eigenvalue weighted by atomic mass is 16.2. The first-order chi connectivity index (χ1) is 7.15. The third-order valence-electron chi connectivity index (χ3n) is 5.28. The van der Waals surface area contributed by atoms with Crippen LogP contribution in [0, 0.1) is 23.7 Å². The van der Waals surface area contributed by atoms with Crippen molar-refractivity contribution in [3.63, 3.8) is 0 Å². The molecule has 1 amide bonds. The Kier molecular flexibility index (Phi) is 2.17. The van der Waals surface area contributed by atoms with E-state index in [1.165, 1.54) is 37.0 Å². The first-order valence-corrected chi connectivity index (χ1v) is 6.49. The average Bonchev–Trinajstić information content (AvgIpc) is 2.15. The smallest absolute Gasteiger partial charge is 0.272 e. The maximum absolute atomic E-state index is 11.5. The van der Waals surface area contributed by atoms with E-state index in [1.54, 1.807) is 6.92 Å². The fourth-order valence-corrected chi connectivity index (χ4v) is 4.87. The van der Waals surface area contributed by atoms with Gasteiger partial charge in [-0.25, -0.2) is 4.79 Å². The molecule has 4 bridgehead atoms. The third-order valence-corrected chi connectivity index (χ3v) is 5.28. The van der Waals surface area contributed by atoms with Crippen molar-refractivity contribution in [1.82, 2.24) is 0 Å². The predicted octanol–water partition coefficient (Wildman–Crippen LogP) is 0.872. The molecule has 0 aliphatic heterocycles. The van der Waals surface area contributed by atoms with Crippen LogP contribution in [0.2, 0.25) is 0 Å². The van der Waals surface area contributed by atoms with Gasteiger partial charge in [-0.15, -0.1) is 0 Å². The fraction of sp³-hybridized carbons (Fsp3) is 0.923. The van der Waals surface area contributed by atoms with Crippen molar-refractivity contribution in [2.45, 2.75) is 45.1 Å². The van der Waals surface area contributed by atoms with Gasteiger partial charge in [0.05, 0.1) is 20.0 Å². The molecular formula is C13H22NO+. The summed E-state index contributed by atoms with van der Waals surface area (Å²) in [5.74, 6) is 4.11. The molecule has 0 spiro atoms. The number of carbonyl (C=O) groups is 1. The molecule has 0 heterocycles. The van der Waals surface area contributed by atoms with Gasteiger partial charge in [0.25, 0.3) is 0 Å². The van der Waals surface area contributed by atoms with Crippen LogP contribution in [-0.4, -0.2) is 19.0 Å². The van der Waals surface area contributed by atoms with Crippen LogP contribution in [0.4, 0.5) is 0 Å². The van der Waals surface area contributed by atoms with E-state index in [2.05, 4.69) is 7.05 Å². The van der Waals surface area contributed by atoms with Crippen molar-refractivity contribution in [3.05, 3.63) is 0 Å². The summed E-state index contributed by atoms with van der Waals surface area (Å²) in [6.45, 7) is 1.75. The number of hydrogen-bond acceptors (Lipinski definition) is 1. The molecule has 2 nitrogen and oxygen atoms in total. The highest BCUT2D eigenvalue weighted by Gasteiger charge is 2.52. The molecule has 15 heavy (non-hydrogen) atoms. The molecule has 2 heteroatoms. The van der Waals surface area contributed by atoms with Crippen LogP contribution in [0.5, 0.6) is 0 Å². The SMILES string of the molecule is CC(=O)[NH+](C)C1C2CC3CC(C2)CC1C3. The van der Waals surface area contributed by atoms with Crippen LogP contribution in [0.3, 0.4) is 0 Å². The second-order valence-electron chi connectivity index (χ2n) is 6.20. The first kappa shape index (κ1) is 9.83. The van der Waals surface area contributed by atoms with Crippen molar-refractivity contribution < 1.29 is 9.69 Å². The monoisotopic (exact) mass is 208 g/mol. The Balaban J connectivity index is 1.83. The zero-order chi connectivity index (χ0) is 10.6. The lowest BCUT2D eigenvalue weighted by Gasteiger charge is -2.54. The van der Waals surface area contributed by atoms with Crippen molar-refractivity contribution in [2.24, 2.45) is 23.7 Å². The summed E-state index contributed by atoms with van der Waals surface area (Å²) in [7, 11) is 2.09. The van der Waals surface area contributed by atoms with Gasteiger partial charge in [0.1, 0.15) is 0 Å². The van der Waals surface area contributed by atoms with Crippen LogP contribution in [0.15, 0.2) is 0 Å². The van der Waals surface area contributed by atoms with E-state index in [0.29, 0.717) is 11.9 Å². The maximum Gasteiger partial charge on any atom is 0.308 e. The van der Waals surface area contributed by atoms with Crippen LogP contribution >= 0.6 is 0 Å². The third kappa shape index (κ3) is 1.45. The Hall–Kier alpha value is -0.370. The molecular weight excluding hydrogens is 186 g/mol. The van der Waals surface area contributed by atoms with Gasteiger partial charge < -0.3 is 0 Å². The molecule has 0 aromatic heterocycles. The van der Waals surface area contributed by atoms with Gasteiger partial charge in [0.15, 0.2) is 0 Å². The molecule has 4 fully saturated rings. The second kappa shape index (κ2) is 3.31. The van der Waals surface area contributed by atoms with Crippen LogP contribution in [-0.2, 0) is 4.79 Å². The molecule has 1 unspecified atom stereocenters. The van der Waals surface area contributed by atoms with E-state index in [0.717, 1.165) is 23.7 Å². The highest BCUT2D eigenvalue weighted by molar-refractivity contribution is 5.63. The number of hydrogen-bond donors (Lipinski definition) is 1. The molecule has 4 aliphatic carbocycles. The average molecular weight is 208 g/mol. The number of rotatable bonds is 1. The molecule has 4 saturated carbocycles. The zero-order valence-corrected chi connectivity index (χ0v) is 9.83. The summed E-state index contributed by atoms with van der Waals surface area (Å²) in [5, 5.41) is 0. The second-order valence-corrected chi connectivity index (χ2v) is 6.20. The Morgan fingerprint density at radius 2 is 1.47 bits per heavy atom. The molecule has 4 aliphatic rings. The lowest BCUT2D eigenvalue weighted by molar-refractivity contribution is -0.840. The van der Waals surface area contributed by atoms with E-state index in [1.807, 2.05) is 0 Å². The van der Waals surface area contributed by atoms with E-state index in [-0.39, 0.29) is 0 Å². The lowest BCUT2D eigenvalue weighted by atomic mass is 9.54. The van der Waals surface area contributed by atoms with Gasteiger partial charge in [0, 0.05) is 11.8 Å². The minimum Gasteiger partial charge on any atom is -0.272 e. The number of quaternary nitrogens is 1. The number of nitrogens with one attached hydrogen (secondary N) is 1. The standard InChI is InChI=1S/C13H21NO/c1-8(15)14(2)13-11-4-9-3-10(6-11)7-12(13)5-9/h9-13H,3-7H2,1-2H3/p+1. The molecule has 0 radical (unpaired) electrons. The summed E-state index contributed by atoms with van der Waals surface area (Å²) in [6, 6.07) is 0.662. The van der Waals surface area contributed by atoms with E-state index >= 15 is 0 Å². The van der Waals surface area contributed by atoms with Gasteiger partial charge >= 0.3 is 5.91 Å². The molecule has 1 N–H and O–H groups in total. The molecule has 0 aromatic rings. The Bertz CT molecular complexity index is 258. The van der Waals surface area contributed by atoms with Gasteiger partial charge in [-0.3, -0.25) is 4.90 Å². The minimum absolute atomic E-state index is 0.340. The topological polar surface area (TPSA) is 21.5 Å². The van der Waals surface area contributed by atoms with Crippen molar-refractivity contribution in [1.29, 1.82) is 0 Å². The number of carbonyl (C=O) groups excluding carboxylic acids is 1. The van der Waals surface area contributed by atoms with Crippen LogP contribution in [0.25, 0.3) is 0 Å². The Morgan fingerprint density at radius 1 is 1.00 bits per heavy atom. The summed E-state index contributed by atoms with van der Waals surface area (Å²) < 4.78 is 0. The van der Waals surface area contributed by atoms with Gasteiger partial charge in [-0.1, -0.05) is 0 Å². The molecule has 0 saturated heterocycles. The van der Waals surface area contributed by atoms with Gasteiger partial charge in [-0.05, 0) is 43.9 Å². The zero-order valence-electron chi connectivity index (χ0n) is 9.83. The van der Waals surface area contributed by atoms with Crippen LogP contribution in [0.1, 0.15) is 39.0 Å². The first-order valence-electron chi connectivity index (χ1n) is 6.49. The van der Waals surface area contributed by atoms with Gasteiger partial charge in [-0.2, -0.15) is 0 Å². The molecule has 0 aromatic carbocycles. The van der Waals surface area contributed by atoms with Gasteiger partial charge in [0.2, 0.25) is 0 Å². The van der Waals surface area contributed by atoms with Crippen molar-refractivity contribution in [3.8, 4) is 0 Å². The largest absolute Gasteiger partial charge is 0.308 e. The summed E-state index contributed by atoms with van der Waals surface area (Å²) >= 11 is 0. The Labute approximate surface area is 92.0 Å². The molecule has 84 valence electrons. The Morgan fingerprint density at radius 3 is 1.87 bits per heavy atom. The van der Waals surface area contributed by atoms with Crippen LogP contribution < -0.4 is 4.90 Å². The normalized spacial score (nSPS) is 49.3. The molecule has 1 atom stereocenters. The van der Waals surface area contributed by atoms with Crippen molar-refractivity contribution >= 4 is 5.91 Å². The minimum atomic E-state index is 0.340.